The molecule has 0 bridgehead atoms. The summed E-state index contributed by atoms with van der Waals surface area (Å²) in [6.07, 6.45) is 0.202. The van der Waals surface area contributed by atoms with E-state index < -0.39 is 12.0 Å². The van der Waals surface area contributed by atoms with Crippen molar-refractivity contribution < 1.29 is 23.9 Å². The maximum absolute atomic E-state index is 13.0. The van der Waals surface area contributed by atoms with Crippen LogP contribution >= 0.6 is 34.4 Å². The number of rotatable bonds is 8. The smallest absolute Gasteiger partial charge is 0.355 e. The number of thioether (sulfide) groups is 1. The summed E-state index contributed by atoms with van der Waals surface area (Å²) in [6, 6.07) is 16.0. The second-order valence-corrected chi connectivity index (χ2v) is 9.50. The summed E-state index contributed by atoms with van der Waals surface area (Å²) < 4.78 is 11.3. The molecule has 2 heterocycles. The molecule has 0 spiro atoms. The molecule has 0 radical (unpaired) electrons. The first-order valence-corrected chi connectivity index (χ1v) is 12.9. The van der Waals surface area contributed by atoms with Gasteiger partial charge in [0.15, 0.2) is 0 Å². The Bertz CT molecular complexity index is 1070. The Morgan fingerprint density at radius 3 is 2.52 bits per heavy atom. The van der Waals surface area contributed by atoms with Gasteiger partial charge in [-0.25, -0.2) is 4.79 Å². The molecule has 0 aliphatic carbocycles. The molecule has 2 amide bonds. The average molecular weight is 578 g/mol. The molecule has 1 unspecified atom stereocenters. The number of amides is 2. The summed E-state index contributed by atoms with van der Waals surface area (Å²) in [5.41, 5.74) is 2.87. The van der Waals surface area contributed by atoms with Crippen LogP contribution in [0.15, 0.2) is 65.9 Å². The Balaban J connectivity index is 1.41. The molecule has 2 aliphatic rings. The highest BCUT2D eigenvalue weighted by Crippen LogP contribution is 2.41. The van der Waals surface area contributed by atoms with Crippen LogP contribution in [0.3, 0.4) is 0 Å². The minimum absolute atomic E-state index is 0.0952. The van der Waals surface area contributed by atoms with Gasteiger partial charge >= 0.3 is 5.97 Å². The third-order valence-corrected chi connectivity index (χ3v) is 7.72. The van der Waals surface area contributed by atoms with Crippen LogP contribution < -0.4 is 10.1 Å². The molecule has 2 aromatic carbocycles. The quantitative estimate of drug-likeness (QED) is 0.225. The zero-order valence-corrected chi connectivity index (χ0v) is 20.9. The van der Waals surface area contributed by atoms with E-state index in [1.807, 2.05) is 42.5 Å². The predicted octanol–water partition coefficient (Wildman–Crippen LogP) is 3.07. The zero-order valence-electron chi connectivity index (χ0n) is 18.0. The fraction of sp³-hybridized carbons (Fsp3) is 0.292. The number of hydrogen-bond acceptors (Lipinski definition) is 6. The number of nitrogens with zero attached hydrogens (tertiary/aromatic N) is 1. The fourth-order valence-corrected chi connectivity index (χ4v) is 6.06. The van der Waals surface area contributed by atoms with E-state index >= 15 is 0 Å². The number of fused-ring (bicyclic) bond motifs is 1. The van der Waals surface area contributed by atoms with Gasteiger partial charge in [-0.2, -0.15) is 0 Å². The summed E-state index contributed by atoms with van der Waals surface area (Å²) in [7, 11) is 1.59. The van der Waals surface area contributed by atoms with E-state index in [-0.39, 0.29) is 30.2 Å². The van der Waals surface area contributed by atoms with Gasteiger partial charge in [0, 0.05) is 10.2 Å². The van der Waals surface area contributed by atoms with E-state index in [0.717, 1.165) is 22.4 Å². The summed E-state index contributed by atoms with van der Waals surface area (Å²) in [5, 5.41) is 2.52. The van der Waals surface area contributed by atoms with Gasteiger partial charge in [-0.05, 0) is 28.8 Å². The molecule has 2 aliphatic heterocycles. The molecule has 0 aromatic heterocycles. The number of halogens is 1. The third kappa shape index (κ3) is 5.19. The topological polar surface area (TPSA) is 84.9 Å². The lowest BCUT2D eigenvalue weighted by Crippen LogP contribution is -2.70. The first kappa shape index (κ1) is 23.6. The van der Waals surface area contributed by atoms with E-state index in [2.05, 4.69) is 27.9 Å². The van der Waals surface area contributed by atoms with E-state index in [1.165, 1.54) is 4.90 Å². The number of nitrogens with one attached hydrogen (secondary N) is 1. The Labute approximate surface area is 210 Å². The van der Waals surface area contributed by atoms with Crippen LogP contribution in [0.25, 0.3) is 0 Å². The number of methoxy groups -OCH3 is 1. The van der Waals surface area contributed by atoms with Crippen molar-refractivity contribution in [3.8, 4) is 5.75 Å². The zero-order chi connectivity index (χ0) is 23.4. The van der Waals surface area contributed by atoms with Crippen molar-refractivity contribution in [2.45, 2.75) is 24.4 Å². The molecule has 7 nitrogen and oxygen atoms in total. The normalized spacial score (nSPS) is 19.5. The van der Waals surface area contributed by atoms with Crippen molar-refractivity contribution in [1.82, 2.24) is 10.2 Å². The molecule has 172 valence electrons. The lowest BCUT2D eigenvalue weighted by molar-refractivity contribution is -0.153. The Morgan fingerprint density at radius 1 is 1.12 bits per heavy atom. The molecule has 1 saturated heterocycles. The average Bonchev–Trinajstić information content (AvgIpc) is 2.85. The molecule has 9 heteroatoms. The van der Waals surface area contributed by atoms with E-state index in [0.29, 0.717) is 15.9 Å². The lowest BCUT2D eigenvalue weighted by atomic mass is 10.0. The highest BCUT2D eigenvalue weighted by atomic mass is 127. The van der Waals surface area contributed by atoms with Crippen LogP contribution in [0.2, 0.25) is 0 Å². The van der Waals surface area contributed by atoms with Crippen molar-refractivity contribution in [2.24, 2.45) is 0 Å². The molecule has 0 saturated carbocycles. The van der Waals surface area contributed by atoms with Gasteiger partial charge < -0.3 is 14.8 Å². The van der Waals surface area contributed by atoms with Crippen LogP contribution in [-0.4, -0.2) is 51.4 Å². The first-order valence-electron chi connectivity index (χ1n) is 10.4. The van der Waals surface area contributed by atoms with Gasteiger partial charge in [-0.3, -0.25) is 14.5 Å². The molecule has 1 N–H and O–H groups in total. The number of benzene rings is 2. The fourth-order valence-electron chi connectivity index (χ4n) is 3.72. The van der Waals surface area contributed by atoms with Gasteiger partial charge in [0.1, 0.15) is 29.5 Å². The SMILES string of the molecule is COc1ccc(COC(=O)C2=C(CI)CSC3[C@H](NC(=O)Cc4ccccc4)C(=O)N23)cc1. The number of esters is 1. The molecule has 2 aromatic rings. The first-order chi connectivity index (χ1) is 16.0. The Hall–Kier alpha value is -2.53. The second kappa shape index (κ2) is 10.6. The van der Waals surface area contributed by atoms with Crippen LogP contribution in [0.4, 0.5) is 0 Å². The maximum atomic E-state index is 13.0. The monoisotopic (exact) mass is 578 g/mol. The van der Waals surface area contributed by atoms with Crippen LogP contribution in [-0.2, 0) is 32.1 Å². The maximum Gasteiger partial charge on any atom is 0.355 e. The summed E-state index contributed by atoms with van der Waals surface area (Å²) in [6.45, 7) is 0.0952. The number of ether oxygens (including phenoxy) is 2. The van der Waals surface area contributed by atoms with Gasteiger partial charge in [0.2, 0.25) is 5.91 Å². The van der Waals surface area contributed by atoms with E-state index in [9.17, 15) is 14.4 Å². The lowest BCUT2D eigenvalue weighted by Gasteiger charge is -2.49. The largest absolute Gasteiger partial charge is 0.497 e. The highest BCUT2D eigenvalue weighted by Gasteiger charge is 2.54. The third-order valence-electron chi connectivity index (χ3n) is 5.45. The second-order valence-electron chi connectivity index (χ2n) is 7.63. The minimum Gasteiger partial charge on any atom is -0.497 e. The van der Waals surface area contributed by atoms with Gasteiger partial charge in [-0.15, -0.1) is 11.8 Å². The van der Waals surface area contributed by atoms with Crippen molar-refractivity contribution in [3.63, 3.8) is 0 Å². The number of β-lactam (4-membered cyclic amide) rings is 1. The van der Waals surface area contributed by atoms with E-state index in [4.69, 9.17) is 9.47 Å². The van der Waals surface area contributed by atoms with Crippen LogP contribution in [0, 0.1) is 0 Å². The van der Waals surface area contributed by atoms with Crippen molar-refractivity contribution >= 4 is 52.1 Å². The molecule has 4 rings (SSSR count). The molecule has 2 atom stereocenters. The molecular formula is C24H23IN2O5S. The van der Waals surface area contributed by atoms with Crippen molar-refractivity contribution in [2.75, 3.05) is 17.3 Å². The molecular weight excluding hydrogens is 555 g/mol. The van der Waals surface area contributed by atoms with Gasteiger partial charge in [-0.1, -0.05) is 65.1 Å². The minimum atomic E-state index is -0.647. The standard InChI is InChI=1S/C24H23IN2O5S/c1-31-18-9-7-16(8-10-18)13-32-24(30)21-17(12-25)14-33-23-20(22(29)27(21)23)26-19(28)11-15-5-3-2-4-6-15/h2-10,20,23H,11-14H2,1H3,(H,26,28)/t20-,23?/m1/s1. The van der Waals surface area contributed by atoms with Crippen molar-refractivity contribution in [1.29, 1.82) is 0 Å². The van der Waals surface area contributed by atoms with Crippen molar-refractivity contribution in [3.05, 3.63) is 77.0 Å². The van der Waals surface area contributed by atoms with Gasteiger partial charge in [0.05, 0.1) is 13.5 Å². The molecule has 33 heavy (non-hydrogen) atoms. The summed E-state index contributed by atoms with van der Waals surface area (Å²) in [4.78, 5) is 39.9. The number of alkyl halides is 1. The van der Waals surface area contributed by atoms with Crippen LogP contribution in [0.1, 0.15) is 11.1 Å². The summed E-state index contributed by atoms with van der Waals surface area (Å²) in [5.74, 6) is 0.304. The number of carbonyl (C=O) groups excluding carboxylic acids is 3. The summed E-state index contributed by atoms with van der Waals surface area (Å²) >= 11 is 3.74. The van der Waals surface area contributed by atoms with E-state index in [1.54, 1.807) is 31.0 Å². The Morgan fingerprint density at radius 2 is 1.85 bits per heavy atom. The highest BCUT2D eigenvalue weighted by molar-refractivity contribution is 14.1. The molecule has 1 fully saturated rings. The predicted molar refractivity (Wildman–Crippen MR) is 134 cm³/mol. The Kier molecular flexibility index (Phi) is 7.59. The number of hydrogen-bond donors (Lipinski definition) is 1. The van der Waals surface area contributed by atoms with Crippen LogP contribution in [0.5, 0.6) is 5.75 Å². The number of carbonyl (C=O) groups is 3. The van der Waals surface area contributed by atoms with Gasteiger partial charge in [0.25, 0.3) is 5.91 Å².